The average Bonchev–Trinajstić information content (AvgIpc) is 3.27. The average molecular weight is 577 g/mol. The quantitative estimate of drug-likeness (QED) is 0.306. The van der Waals surface area contributed by atoms with E-state index in [0.717, 1.165) is 11.7 Å². The van der Waals surface area contributed by atoms with Gasteiger partial charge in [0.05, 0.1) is 12.8 Å². The number of nitrogens with zero attached hydrogens (tertiary/aromatic N) is 4. The Morgan fingerprint density at radius 1 is 1.25 bits per heavy atom. The van der Waals surface area contributed by atoms with Gasteiger partial charge in [0.25, 0.3) is 0 Å². The van der Waals surface area contributed by atoms with Crippen molar-refractivity contribution in [3.8, 4) is 5.75 Å². The second kappa shape index (κ2) is 11.3. The van der Waals surface area contributed by atoms with E-state index in [2.05, 4.69) is 40.3 Å². The number of aromatic nitrogens is 1. The molecule has 0 amide bonds. The van der Waals surface area contributed by atoms with Gasteiger partial charge in [0.1, 0.15) is 17.8 Å². The van der Waals surface area contributed by atoms with Crippen LogP contribution < -0.4 is 10.1 Å². The van der Waals surface area contributed by atoms with Crippen LogP contribution in [0.4, 0.5) is 0 Å². The minimum absolute atomic E-state index is 0. The summed E-state index contributed by atoms with van der Waals surface area (Å²) in [6.07, 6.45) is 1.38. The molecule has 11 heteroatoms. The molecule has 1 fully saturated rings. The number of sulfonamides is 1. The van der Waals surface area contributed by atoms with Crippen LogP contribution in [0.2, 0.25) is 0 Å². The number of hydrogen-bond donors (Lipinski definition) is 1. The van der Waals surface area contributed by atoms with Crippen molar-refractivity contribution in [2.24, 2.45) is 4.99 Å². The highest BCUT2D eigenvalue weighted by Gasteiger charge is 2.30. The van der Waals surface area contributed by atoms with Gasteiger partial charge in [0.2, 0.25) is 10.0 Å². The Kier molecular flexibility index (Phi) is 9.34. The van der Waals surface area contributed by atoms with Crippen LogP contribution in [0.3, 0.4) is 0 Å². The van der Waals surface area contributed by atoms with E-state index < -0.39 is 10.0 Å². The van der Waals surface area contributed by atoms with Crippen molar-refractivity contribution >= 4 is 40.0 Å². The lowest BCUT2D eigenvalue weighted by atomic mass is 9.84. The van der Waals surface area contributed by atoms with Crippen molar-refractivity contribution in [3.05, 3.63) is 47.9 Å². The summed E-state index contributed by atoms with van der Waals surface area (Å²) in [5, 5.41) is 7.16. The molecule has 3 rings (SSSR count). The van der Waals surface area contributed by atoms with Gasteiger partial charge in [-0.05, 0) is 17.7 Å². The van der Waals surface area contributed by atoms with Gasteiger partial charge in [-0.15, -0.1) is 24.0 Å². The van der Waals surface area contributed by atoms with E-state index in [9.17, 15) is 8.42 Å². The van der Waals surface area contributed by atoms with Crippen LogP contribution in [0.15, 0.2) is 46.1 Å². The standard InChI is InChI=1S/C21H31N5O4S.HI/c1-21(2,17-6-5-7-19(14-17)29-4)16-23-20(22-3)25-9-11-26(12-10-25)31(27,28)15-18-8-13-30-24-18;/h5-8,13-14H,9-12,15-16H2,1-4H3,(H,22,23);1H. The smallest absolute Gasteiger partial charge is 0.220 e. The van der Waals surface area contributed by atoms with Crippen molar-refractivity contribution in [2.45, 2.75) is 25.0 Å². The molecule has 9 nitrogen and oxygen atoms in total. The van der Waals surface area contributed by atoms with Crippen LogP contribution in [0, 0.1) is 0 Å². The lowest BCUT2D eigenvalue weighted by Gasteiger charge is -2.37. The lowest BCUT2D eigenvalue weighted by molar-refractivity contribution is 0.258. The molecule has 0 spiro atoms. The molecule has 0 bridgehead atoms. The van der Waals surface area contributed by atoms with Crippen LogP contribution in [-0.4, -0.2) is 75.6 Å². The number of piperazine rings is 1. The molecule has 32 heavy (non-hydrogen) atoms. The van der Waals surface area contributed by atoms with E-state index in [1.165, 1.54) is 16.1 Å². The van der Waals surface area contributed by atoms with Crippen molar-refractivity contribution in [1.82, 2.24) is 19.7 Å². The number of ether oxygens (including phenoxy) is 1. The molecule has 178 valence electrons. The van der Waals surface area contributed by atoms with Crippen LogP contribution in [-0.2, 0) is 21.2 Å². The molecule has 0 saturated carbocycles. The Balaban J connectivity index is 0.00000363. The Hall–Kier alpha value is -1.86. The highest BCUT2D eigenvalue weighted by Crippen LogP contribution is 2.26. The zero-order chi connectivity index (χ0) is 22.5. The second-order valence-electron chi connectivity index (χ2n) is 8.15. The molecule has 2 aromatic rings. The zero-order valence-electron chi connectivity index (χ0n) is 18.9. The first-order valence-corrected chi connectivity index (χ1v) is 11.8. The predicted molar refractivity (Wildman–Crippen MR) is 135 cm³/mol. The minimum Gasteiger partial charge on any atom is -0.497 e. The maximum atomic E-state index is 12.6. The van der Waals surface area contributed by atoms with Crippen molar-refractivity contribution in [2.75, 3.05) is 46.9 Å². The molecule has 1 saturated heterocycles. The summed E-state index contributed by atoms with van der Waals surface area (Å²) in [7, 11) is -0.0193. The number of rotatable bonds is 7. The van der Waals surface area contributed by atoms with Crippen molar-refractivity contribution in [3.63, 3.8) is 0 Å². The molecule has 0 aliphatic carbocycles. The van der Waals surface area contributed by atoms with Gasteiger partial charge in [-0.25, -0.2) is 8.42 Å². The number of nitrogens with one attached hydrogen (secondary N) is 1. The SMILES string of the molecule is CN=C(NCC(C)(C)c1cccc(OC)c1)N1CCN(S(=O)(=O)Cc2ccon2)CC1.I. The van der Waals surface area contributed by atoms with E-state index in [4.69, 9.17) is 9.26 Å². The summed E-state index contributed by atoms with van der Waals surface area (Å²) in [6.45, 7) is 6.94. The summed E-state index contributed by atoms with van der Waals surface area (Å²) >= 11 is 0. The monoisotopic (exact) mass is 577 g/mol. The van der Waals surface area contributed by atoms with Crippen LogP contribution in [0.25, 0.3) is 0 Å². The van der Waals surface area contributed by atoms with Crippen LogP contribution in [0.1, 0.15) is 25.1 Å². The number of methoxy groups -OCH3 is 1. The third-order valence-electron chi connectivity index (χ3n) is 5.50. The normalized spacial score (nSPS) is 15.9. The van der Waals surface area contributed by atoms with Gasteiger partial charge >= 0.3 is 0 Å². The Labute approximate surface area is 207 Å². The minimum atomic E-state index is -3.43. The first-order valence-electron chi connectivity index (χ1n) is 10.2. The van der Waals surface area contributed by atoms with Gasteiger partial charge < -0.3 is 19.5 Å². The zero-order valence-corrected chi connectivity index (χ0v) is 22.1. The fourth-order valence-corrected chi connectivity index (χ4v) is 4.97. The lowest BCUT2D eigenvalue weighted by Crippen LogP contribution is -2.55. The van der Waals surface area contributed by atoms with E-state index in [1.54, 1.807) is 20.2 Å². The number of benzene rings is 1. The maximum absolute atomic E-state index is 12.6. The van der Waals surface area contributed by atoms with Crippen LogP contribution >= 0.6 is 24.0 Å². The number of guanidine groups is 1. The first-order chi connectivity index (χ1) is 14.7. The number of aliphatic imine (C=N–C) groups is 1. The second-order valence-corrected chi connectivity index (χ2v) is 10.1. The van der Waals surface area contributed by atoms with E-state index in [-0.39, 0.29) is 35.1 Å². The van der Waals surface area contributed by atoms with Crippen molar-refractivity contribution < 1.29 is 17.7 Å². The summed E-state index contributed by atoms with van der Waals surface area (Å²) in [5.41, 5.74) is 1.44. The highest BCUT2D eigenvalue weighted by atomic mass is 127. The van der Waals surface area contributed by atoms with Gasteiger partial charge in [-0.2, -0.15) is 4.31 Å². The molecule has 1 aliphatic rings. The molecule has 1 aliphatic heterocycles. The van der Waals surface area contributed by atoms with Crippen molar-refractivity contribution in [1.29, 1.82) is 0 Å². The van der Waals surface area contributed by atoms with E-state index in [1.807, 2.05) is 18.2 Å². The molecule has 1 aromatic heterocycles. The predicted octanol–water partition coefficient (Wildman–Crippen LogP) is 2.30. The number of halogens is 1. The summed E-state index contributed by atoms with van der Waals surface area (Å²) in [5.74, 6) is 1.45. The number of hydrogen-bond acceptors (Lipinski definition) is 6. The molecule has 0 radical (unpaired) electrons. The van der Waals surface area contributed by atoms with Gasteiger partial charge in [-0.1, -0.05) is 31.1 Å². The third kappa shape index (κ3) is 6.58. The Bertz CT molecular complexity index is 987. The molecule has 1 N–H and O–H groups in total. The summed E-state index contributed by atoms with van der Waals surface area (Å²) < 4.78 is 36.9. The molecule has 1 aromatic carbocycles. The topological polar surface area (TPSA) is 100 Å². The summed E-state index contributed by atoms with van der Waals surface area (Å²) in [6, 6.07) is 9.63. The third-order valence-corrected chi connectivity index (χ3v) is 7.32. The molecular weight excluding hydrogens is 545 g/mol. The van der Waals surface area contributed by atoms with Gasteiger partial charge in [-0.3, -0.25) is 4.99 Å². The fourth-order valence-electron chi connectivity index (χ4n) is 3.55. The van der Waals surface area contributed by atoms with Crippen LogP contribution in [0.5, 0.6) is 5.75 Å². The highest BCUT2D eigenvalue weighted by molar-refractivity contribution is 14.0. The summed E-state index contributed by atoms with van der Waals surface area (Å²) in [4.78, 5) is 6.49. The molecule has 0 unspecified atom stereocenters. The fraction of sp³-hybridized carbons (Fsp3) is 0.524. The van der Waals surface area contributed by atoms with Gasteiger partial charge in [0.15, 0.2) is 5.96 Å². The maximum Gasteiger partial charge on any atom is 0.220 e. The Morgan fingerprint density at radius 3 is 2.56 bits per heavy atom. The van der Waals surface area contributed by atoms with E-state index in [0.29, 0.717) is 38.4 Å². The molecular formula is C21H32IN5O4S. The first kappa shape index (κ1) is 26.4. The van der Waals surface area contributed by atoms with Gasteiger partial charge in [0, 0.05) is 51.3 Å². The Morgan fingerprint density at radius 2 is 1.97 bits per heavy atom. The van der Waals surface area contributed by atoms with E-state index >= 15 is 0 Å². The molecule has 2 heterocycles. The molecule has 0 atom stereocenters. The largest absolute Gasteiger partial charge is 0.497 e.